The Kier molecular flexibility index (Phi) is 5.72. The molecule has 0 amide bonds. The first-order valence-electron chi connectivity index (χ1n) is 6.55. The molecule has 1 aliphatic rings. The van der Waals surface area contributed by atoms with Gasteiger partial charge in [0.15, 0.2) is 9.84 Å². The van der Waals surface area contributed by atoms with E-state index in [1.54, 1.807) is 12.1 Å². The molecule has 0 aliphatic carbocycles. The quantitative estimate of drug-likeness (QED) is 0.693. The molecule has 2 N–H and O–H groups in total. The van der Waals surface area contributed by atoms with Gasteiger partial charge in [-0.25, -0.2) is 16.8 Å². The van der Waals surface area contributed by atoms with Crippen LogP contribution in [0, 0.1) is 0 Å². The minimum absolute atomic E-state index is 0.00785. The SMILES string of the molecule is NCCN([C@@H]1CCS(=O)(=O)C1)S(=O)(=O)c1cc(Br)ccc1Br. The van der Waals surface area contributed by atoms with E-state index in [0.717, 1.165) is 0 Å². The molecule has 1 aliphatic heterocycles. The van der Waals surface area contributed by atoms with Crippen LogP contribution in [0.4, 0.5) is 0 Å². The van der Waals surface area contributed by atoms with Crippen LogP contribution in [-0.2, 0) is 19.9 Å². The van der Waals surface area contributed by atoms with Crippen molar-refractivity contribution >= 4 is 51.7 Å². The molecule has 1 saturated heterocycles. The fourth-order valence-corrected chi connectivity index (χ4v) is 7.39. The minimum atomic E-state index is -3.84. The first kappa shape index (κ1) is 18.3. The van der Waals surface area contributed by atoms with Crippen LogP contribution >= 0.6 is 31.9 Å². The smallest absolute Gasteiger partial charge is 0.244 e. The zero-order valence-corrected chi connectivity index (χ0v) is 16.4. The van der Waals surface area contributed by atoms with Gasteiger partial charge < -0.3 is 5.73 Å². The van der Waals surface area contributed by atoms with Crippen molar-refractivity contribution in [1.29, 1.82) is 0 Å². The lowest BCUT2D eigenvalue weighted by Crippen LogP contribution is -2.43. The molecular weight excluding hydrogens is 460 g/mol. The molecule has 0 aromatic heterocycles. The topological polar surface area (TPSA) is 97.5 Å². The fraction of sp³-hybridized carbons (Fsp3) is 0.500. The summed E-state index contributed by atoms with van der Waals surface area (Å²) in [6.45, 7) is 0.211. The van der Waals surface area contributed by atoms with E-state index in [4.69, 9.17) is 5.73 Å². The molecule has 1 fully saturated rings. The van der Waals surface area contributed by atoms with Crippen LogP contribution in [-0.4, -0.2) is 51.8 Å². The summed E-state index contributed by atoms with van der Waals surface area (Å²) < 4.78 is 51.4. The third kappa shape index (κ3) is 3.90. The van der Waals surface area contributed by atoms with Gasteiger partial charge in [0.25, 0.3) is 0 Å². The van der Waals surface area contributed by atoms with Crippen molar-refractivity contribution in [3.63, 3.8) is 0 Å². The summed E-state index contributed by atoms with van der Waals surface area (Å²) in [4.78, 5) is 0.0969. The van der Waals surface area contributed by atoms with Crippen LogP contribution in [0.5, 0.6) is 0 Å². The summed E-state index contributed by atoms with van der Waals surface area (Å²) in [6, 6.07) is 4.27. The maximum absolute atomic E-state index is 12.9. The lowest BCUT2D eigenvalue weighted by molar-refractivity contribution is 0.347. The maximum Gasteiger partial charge on any atom is 0.244 e. The number of hydrogen-bond acceptors (Lipinski definition) is 5. The molecule has 0 unspecified atom stereocenters. The highest BCUT2D eigenvalue weighted by Gasteiger charge is 2.39. The fourth-order valence-electron chi connectivity index (χ4n) is 2.43. The molecular formula is C12H16Br2N2O4S2. The largest absolute Gasteiger partial charge is 0.329 e. The predicted molar refractivity (Wildman–Crippen MR) is 91.8 cm³/mol. The molecule has 0 saturated carbocycles. The van der Waals surface area contributed by atoms with Gasteiger partial charge in [0.1, 0.15) is 0 Å². The Hall–Kier alpha value is -0.000000000000000111. The van der Waals surface area contributed by atoms with Crippen LogP contribution in [0.15, 0.2) is 32.0 Å². The van der Waals surface area contributed by atoms with Gasteiger partial charge >= 0.3 is 0 Å². The highest BCUT2D eigenvalue weighted by molar-refractivity contribution is 9.11. The van der Waals surface area contributed by atoms with Crippen LogP contribution in [0.25, 0.3) is 0 Å². The number of hydrogen-bond donors (Lipinski definition) is 1. The maximum atomic E-state index is 12.9. The Balaban J connectivity index is 2.45. The molecule has 0 radical (unpaired) electrons. The second-order valence-corrected chi connectivity index (χ2v) is 10.9. The molecule has 124 valence electrons. The zero-order valence-electron chi connectivity index (χ0n) is 11.6. The molecule has 1 aromatic carbocycles. The van der Waals surface area contributed by atoms with Crippen molar-refractivity contribution in [2.45, 2.75) is 17.4 Å². The third-order valence-corrected chi connectivity index (χ3v) is 8.63. The van der Waals surface area contributed by atoms with Gasteiger partial charge in [-0.2, -0.15) is 4.31 Å². The van der Waals surface area contributed by atoms with E-state index in [2.05, 4.69) is 31.9 Å². The van der Waals surface area contributed by atoms with Gasteiger partial charge in [0.05, 0.1) is 16.4 Å². The van der Waals surface area contributed by atoms with Crippen molar-refractivity contribution in [1.82, 2.24) is 4.31 Å². The summed E-state index contributed by atoms with van der Waals surface area (Å²) in [6.07, 6.45) is 0.299. The molecule has 22 heavy (non-hydrogen) atoms. The van der Waals surface area contributed by atoms with Gasteiger partial charge in [-0.3, -0.25) is 0 Å². The first-order chi connectivity index (χ1) is 10.2. The van der Waals surface area contributed by atoms with E-state index in [-0.39, 0.29) is 29.5 Å². The number of nitrogens with two attached hydrogens (primary N) is 1. The molecule has 1 atom stereocenters. The van der Waals surface area contributed by atoms with Crippen molar-refractivity contribution in [3.05, 3.63) is 27.1 Å². The number of sulfone groups is 1. The monoisotopic (exact) mass is 474 g/mol. The third-order valence-electron chi connectivity index (χ3n) is 3.45. The van der Waals surface area contributed by atoms with E-state index in [1.165, 1.54) is 10.4 Å². The number of rotatable bonds is 5. The van der Waals surface area contributed by atoms with Gasteiger partial charge in [0, 0.05) is 28.1 Å². The second kappa shape index (κ2) is 6.86. The standard InChI is InChI=1S/C12H16Br2N2O4S2/c13-9-1-2-11(14)12(7-9)22(19,20)16(5-4-15)10-3-6-21(17,18)8-10/h1-2,7,10H,3-6,8,15H2/t10-/m1/s1. The predicted octanol–water partition coefficient (Wildman–Crippen LogP) is 1.35. The Bertz CT molecular complexity index is 765. The van der Waals surface area contributed by atoms with E-state index >= 15 is 0 Å². The molecule has 2 rings (SSSR count). The van der Waals surface area contributed by atoms with Crippen LogP contribution < -0.4 is 5.73 Å². The molecule has 10 heteroatoms. The van der Waals surface area contributed by atoms with E-state index in [0.29, 0.717) is 15.4 Å². The minimum Gasteiger partial charge on any atom is -0.329 e. The Labute approximate surface area is 147 Å². The second-order valence-electron chi connectivity index (χ2n) is 5.04. The summed E-state index contributed by atoms with van der Waals surface area (Å²) in [5.74, 6) is -0.147. The van der Waals surface area contributed by atoms with Crippen LogP contribution in [0.3, 0.4) is 0 Å². The lowest BCUT2D eigenvalue weighted by atomic mass is 10.2. The number of halogens is 2. The molecule has 1 aromatic rings. The highest BCUT2D eigenvalue weighted by atomic mass is 79.9. The molecule has 0 spiro atoms. The van der Waals surface area contributed by atoms with Gasteiger partial charge in [-0.1, -0.05) is 15.9 Å². The first-order valence-corrected chi connectivity index (χ1v) is 11.4. The van der Waals surface area contributed by atoms with Crippen LogP contribution in [0.2, 0.25) is 0 Å². The summed E-state index contributed by atoms with van der Waals surface area (Å²) in [5.41, 5.74) is 5.53. The van der Waals surface area contributed by atoms with Gasteiger partial charge in [-0.05, 0) is 40.5 Å². The van der Waals surface area contributed by atoms with Crippen molar-refractivity contribution < 1.29 is 16.8 Å². The molecule has 1 heterocycles. The van der Waals surface area contributed by atoms with Gasteiger partial charge in [0.2, 0.25) is 10.0 Å². The van der Waals surface area contributed by atoms with E-state index < -0.39 is 25.9 Å². The Morgan fingerprint density at radius 1 is 1.32 bits per heavy atom. The van der Waals surface area contributed by atoms with E-state index in [9.17, 15) is 16.8 Å². The molecule has 0 bridgehead atoms. The Morgan fingerprint density at radius 3 is 2.55 bits per heavy atom. The van der Waals surface area contributed by atoms with Crippen molar-refractivity contribution in [2.24, 2.45) is 5.73 Å². The van der Waals surface area contributed by atoms with Gasteiger partial charge in [-0.15, -0.1) is 0 Å². The van der Waals surface area contributed by atoms with Crippen molar-refractivity contribution in [3.8, 4) is 0 Å². The number of nitrogens with zero attached hydrogens (tertiary/aromatic N) is 1. The average molecular weight is 476 g/mol. The molecule has 6 nitrogen and oxygen atoms in total. The van der Waals surface area contributed by atoms with Crippen LogP contribution in [0.1, 0.15) is 6.42 Å². The zero-order chi connectivity index (χ0) is 16.5. The average Bonchev–Trinajstić information content (AvgIpc) is 2.78. The summed E-state index contributed by atoms with van der Waals surface area (Å²) in [5, 5.41) is 0. The normalized spacial score (nSPS) is 21.4. The Morgan fingerprint density at radius 2 is 2.00 bits per heavy atom. The number of sulfonamides is 1. The summed E-state index contributed by atoms with van der Waals surface area (Å²) >= 11 is 6.49. The van der Waals surface area contributed by atoms with Crippen molar-refractivity contribution in [2.75, 3.05) is 24.6 Å². The van der Waals surface area contributed by atoms with E-state index in [1.807, 2.05) is 0 Å². The highest BCUT2D eigenvalue weighted by Crippen LogP contribution is 2.31. The summed E-state index contributed by atoms with van der Waals surface area (Å²) in [7, 11) is -7.03. The number of benzene rings is 1. The lowest BCUT2D eigenvalue weighted by Gasteiger charge is -2.27.